The monoisotopic (exact) mass is 344 g/mol. The van der Waals surface area contributed by atoms with Crippen molar-refractivity contribution in [3.8, 4) is 0 Å². The topological polar surface area (TPSA) is 54.4 Å². The SMILES string of the molecule is CC(=O)[C@H]1CC[C@H]2[C@@H]3C(C)CC4=CC(=O)CC[C@]4(CO)[C@H]3CC[C@]12C. The van der Waals surface area contributed by atoms with Crippen molar-refractivity contribution < 1.29 is 14.7 Å². The van der Waals surface area contributed by atoms with Crippen molar-refractivity contribution in [1.29, 1.82) is 0 Å². The molecule has 3 nitrogen and oxygen atoms in total. The Balaban J connectivity index is 1.74. The molecule has 0 aromatic heterocycles. The summed E-state index contributed by atoms with van der Waals surface area (Å²) in [6, 6.07) is 0. The zero-order valence-electron chi connectivity index (χ0n) is 15.9. The van der Waals surface area contributed by atoms with E-state index in [4.69, 9.17) is 0 Å². The van der Waals surface area contributed by atoms with Crippen LogP contribution in [-0.2, 0) is 9.59 Å². The molecule has 3 heteroatoms. The lowest BCUT2D eigenvalue weighted by Crippen LogP contribution is -2.55. The van der Waals surface area contributed by atoms with E-state index in [9.17, 15) is 14.7 Å². The maximum absolute atomic E-state index is 12.2. The summed E-state index contributed by atoms with van der Waals surface area (Å²) in [6.45, 7) is 6.66. The lowest BCUT2D eigenvalue weighted by atomic mass is 9.44. The molecular formula is C22H32O3. The van der Waals surface area contributed by atoms with Gasteiger partial charge in [0, 0.05) is 17.8 Å². The second-order valence-electron chi connectivity index (χ2n) is 9.71. The van der Waals surface area contributed by atoms with Crippen LogP contribution in [0, 0.1) is 40.4 Å². The lowest BCUT2D eigenvalue weighted by molar-refractivity contribution is -0.133. The molecule has 138 valence electrons. The number of hydrogen-bond donors (Lipinski definition) is 1. The van der Waals surface area contributed by atoms with Crippen LogP contribution in [0.3, 0.4) is 0 Å². The van der Waals surface area contributed by atoms with E-state index in [1.807, 2.05) is 6.08 Å². The van der Waals surface area contributed by atoms with Crippen LogP contribution in [0.15, 0.2) is 11.6 Å². The number of hydrogen-bond acceptors (Lipinski definition) is 3. The Morgan fingerprint density at radius 2 is 2.00 bits per heavy atom. The van der Waals surface area contributed by atoms with Gasteiger partial charge in [-0.3, -0.25) is 9.59 Å². The van der Waals surface area contributed by atoms with Crippen molar-refractivity contribution in [3.05, 3.63) is 11.6 Å². The van der Waals surface area contributed by atoms with Crippen molar-refractivity contribution >= 4 is 11.6 Å². The van der Waals surface area contributed by atoms with Crippen LogP contribution >= 0.6 is 0 Å². The fourth-order valence-corrected chi connectivity index (χ4v) is 7.68. The Morgan fingerprint density at radius 3 is 2.68 bits per heavy atom. The Kier molecular flexibility index (Phi) is 4.03. The third-order valence-corrected chi connectivity index (χ3v) is 8.81. The number of rotatable bonds is 2. The molecule has 0 radical (unpaired) electrons. The number of Topliss-reactive ketones (excluding diaryl/α,β-unsaturated/α-hetero) is 1. The predicted octanol–water partition coefficient (Wildman–Crippen LogP) is 3.94. The molecular weight excluding hydrogens is 312 g/mol. The second-order valence-corrected chi connectivity index (χ2v) is 9.71. The van der Waals surface area contributed by atoms with Crippen molar-refractivity contribution in [3.63, 3.8) is 0 Å². The fraction of sp³-hybridized carbons (Fsp3) is 0.818. The van der Waals surface area contributed by atoms with Gasteiger partial charge in [0.15, 0.2) is 5.78 Å². The van der Waals surface area contributed by atoms with Gasteiger partial charge in [0.25, 0.3) is 0 Å². The minimum absolute atomic E-state index is 0.142. The highest BCUT2D eigenvalue weighted by atomic mass is 16.3. The van der Waals surface area contributed by atoms with Crippen LogP contribution in [0.25, 0.3) is 0 Å². The first-order chi connectivity index (χ1) is 11.8. The number of aliphatic hydroxyl groups is 1. The quantitative estimate of drug-likeness (QED) is 0.825. The zero-order chi connectivity index (χ0) is 18.0. The van der Waals surface area contributed by atoms with E-state index in [1.54, 1.807) is 6.92 Å². The molecule has 0 amide bonds. The summed E-state index contributed by atoms with van der Waals surface area (Å²) in [7, 11) is 0. The van der Waals surface area contributed by atoms with E-state index < -0.39 is 0 Å². The smallest absolute Gasteiger partial charge is 0.155 e. The molecule has 7 atom stereocenters. The average molecular weight is 344 g/mol. The van der Waals surface area contributed by atoms with Gasteiger partial charge in [-0.1, -0.05) is 19.4 Å². The molecule has 0 saturated heterocycles. The Morgan fingerprint density at radius 1 is 1.24 bits per heavy atom. The van der Waals surface area contributed by atoms with Gasteiger partial charge in [-0.05, 0) is 80.6 Å². The van der Waals surface area contributed by atoms with Crippen molar-refractivity contribution in [2.24, 2.45) is 40.4 Å². The molecule has 25 heavy (non-hydrogen) atoms. The molecule has 1 unspecified atom stereocenters. The van der Waals surface area contributed by atoms with Crippen LogP contribution in [0.2, 0.25) is 0 Å². The summed E-state index contributed by atoms with van der Waals surface area (Å²) in [5, 5.41) is 10.4. The summed E-state index contributed by atoms with van der Waals surface area (Å²) in [5.74, 6) is 3.02. The van der Waals surface area contributed by atoms with Crippen LogP contribution in [0.5, 0.6) is 0 Å². The molecule has 0 bridgehead atoms. The molecule has 0 heterocycles. The molecule has 4 aliphatic carbocycles. The minimum atomic E-state index is -0.166. The number of carbonyl (C=O) groups is 2. The largest absolute Gasteiger partial charge is 0.395 e. The molecule has 3 fully saturated rings. The number of carbonyl (C=O) groups excluding carboxylic acids is 2. The standard InChI is InChI=1S/C22H32O3/c1-13-10-15-11-16(25)6-9-22(15,12-23)19-7-8-21(3)17(14(2)24)4-5-18(21)20(13)19/h11,13,17-20,23H,4-10,12H2,1-3H3/t13?,17-,18+,19+,20+,21-,22-/m1/s1. The lowest BCUT2D eigenvalue weighted by Gasteiger charge is -2.60. The van der Waals surface area contributed by atoms with E-state index in [0.717, 1.165) is 38.5 Å². The van der Waals surface area contributed by atoms with E-state index in [-0.39, 0.29) is 29.1 Å². The van der Waals surface area contributed by atoms with Crippen molar-refractivity contribution in [1.82, 2.24) is 0 Å². The summed E-state index contributed by atoms with van der Waals surface area (Å²) in [5.41, 5.74) is 1.20. The minimum Gasteiger partial charge on any atom is -0.395 e. The van der Waals surface area contributed by atoms with Crippen LogP contribution in [-0.4, -0.2) is 23.3 Å². The highest BCUT2D eigenvalue weighted by molar-refractivity contribution is 5.91. The van der Waals surface area contributed by atoms with Gasteiger partial charge < -0.3 is 5.11 Å². The van der Waals surface area contributed by atoms with Gasteiger partial charge in [-0.15, -0.1) is 0 Å². The number of fused-ring (bicyclic) bond motifs is 5. The van der Waals surface area contributed by atoms with Gasteiger partial charge >= 0.3 is 0 Å². The maximum atomic E-state index is 12.2. The number of aliphatic hydroxyl groups excluding tert-OH is 1. The number of ketones is 2. The molecule has 4 aliphatic rings. The van der Waals surface area contributed by atoms with E-state index in [1.165, 1.54) is 5.57 Å². The van der Waals surface area contributed by atoms with Crippen molar-refractivity contribution in [2.45, 2.75) is 65.7 Å². The molecule has 4 rings (SSSR count). The van der Waals surface area contributed by atoms with Gasteiger partial charge in [0.1, 0.15) is 5.78 Å². The van der Waals surface area contributed by atoms with E-state index in [0.29, 0.717) is 35.9 Å². The van der Waals surface area contributed by atoms with Gasteiger partial charge in [0.05, 0.1) is 6.61 Å². The molecule has 1 N–H and O–H groups in total. The van der Waals surface area contributed by atoms with Gasteiger partial charge in [-0.25, -0.2) is 0 Å². The van der Waals surface area contributed by atoms with Gasteiger partial charge in [0.2, 0.25) is 0 Å². The first-order valence-corrected chi connectivity index (χ1v) is 10.2. The van der Waals surface area contributed by atoms with E-state index >= 15 is 0 Å². The third kappa shape index (κ3) is 2.27. The first kappa shape index (κ1) is 17.5. The third-order valence-electron chi connectivity index (χ3n) is 8.81. The Bertz CT molecular complexity index is 635. The fourth-order valence-electron chi connectivity index (χ4n) is 7.68. The normalized spacial score (nSPS) is 49.0. The first-order valence-electron chi connectivity index (χ1n) is 10.2. The summed E-state index contributed by atoms with van der Waals surface area (Å²) < 4.78 is 0. The van der Waals surface area contributed by atoms with Crippen LogP contribution in [0.1, 0.15) is 65.7 Å². The highest BCUT2D eigenvalue weighted by Gasteiger charge is 2.62. The average Bonchev–Trinajstić information content (AvgIpc) is 2.92. The summed E-state index contributed by atoms with van der Waals surface area (Å²) in [4.78, 5) is 24.2. The molecule has 0 aromatic carbocycles. The van der Waals surface area contributed by atoms with E-state index in [2.05, 4.69) is 13.8 Å². The van der Waals surface area contributed by atoms with Crippen LogP contribution in [0.4, 0.5) is 0 Å². The highest BCUT2D eigenvalue weighted by Crippen LogP contribution is 2.67. The van der Waals surface area contributed by atoms with Crippen LogP contribution < -0.4 is 0 Å². The second kappa shape index (κ2) is 5.77. The van der Waals surface area contributed by atoms with Crippen molar-refractivity contribution in [2.75, 3.05) is 6.61 Å². The maximum Gasteiger partial charge on any atom is 0.155 e. The molecule has 0 spiro atoms. The molecule has 0 aliphatic heterocycles. The summed E-state index contributed by atoms with van der Waals surface area (Å²) in [6.07, 6.45) is 8.61. The Hall–Kier alpha value is -0.960. The predicted molar refractivity (Wildman–Crippen MR) is 96.8 cm³/mol. The van der Waals surface area contributed by atoms with Gasteiger partial charge in [-0.2, -0.15) is 0 Å². The zero-order valence-corrected chi connectivity index (χ0v) is 15.9. The Labute approximate surface area is 151 Å². The molecule has 0 aromatic rings. The summed E-state index contributed by atoms with van der Waals surface area (Å²) >= 11 is 0. The molecule has 3 saturated carbocycles.